The zero-order valence-electron chi connectivity index (χ0n) is 10.2. The fraction of sp³-hybridized carbons (Fsp3) is 0.462. The second-order valence-corrected chi connectivity index (χ2v) is 5.84. The van der Waals surface area contributed by atoms with Crippen LogP contribution in [0.3, 0.4) is 0 Å². The molecule has 1 spiro atoms. The van der Waals surface area contributed by atoms with E-state index in [2.05, 4.69) is 20.9 Å². The Morgan fingerprint density at radius 1 is 1.44 bits per heavy atom. The zero-order valence-corrected chi connectivity index (χ0v) is 11.8. The van der Waals surface area contributed by atoms with Crippen molar-refractivity contribution in [2.75, 3.05) is 13.6 Å². The van der Waals surface area contributed by atoms with Crippen LogP contribution in [0.1, 0.15) is 25.0 Å². The van der Waals surface area contributed by atoms with Crippen LogP contribution in [-0.2, 0) is 4.79 Å². The lowest BCUT2D eigenvalue weighted by Gasteiger charge is -2.16. The van der Waals surface area contributed by atoms with E-state index >= 15 is 0 Å². The molecule has 3 rings (SSSR count). The number of nitrogens with zero attached hydrogens (tertiary/aromatic N) is 3. The molecule has 0 bridgehead atoms. The van der Waals surface area contributed by atoms with E-state index in [-0.39, 0.29) is 5.91 Å². The standard InChI is InChI=1S/C13H14BrN3O/c1-17-7-5-13(12(17)18)4-2-10(16-13)11-8-9(14)3-6-15-11/h3,6,8H,2,4-5,7H2,1H3/t13-/m0/s1. The van der Waals surface area contributed by atoms with E-state index in [0.717, 1.165) is 41.7 Å². The summed E-state index contributed by atoms with van der Waals surface area (Å²) in [6.45, 7) is 0.807. The van der Waals surface area contributed by atoms with E-state index in [1.54, 1.807) is 11.1 Å². The third kappa shape index (κ3) is 1.77. The summed E-state index contributed by atoms with van der Waals surface area (Å²) in [5.41, 5.74) is 1.34. The van der Waals surface area contributed by atoms with Crippen molar-refractivity contribution in [3.63, 3.8) is 0 Å². The van der Waals surface area contributed by atoms with Gasteiger partial charge in [0.25, 0.3) is 0 Å². The van der Waals surface area contributed by atoms with Gasteiger partial charge in [-0.05, 0) is 31.4 Å². The summed E-state index contributed by atoms with van der Waals surface area (Å²) in [6.07, 6.45) is 4.25. The number of rotatable bonds is 1. The Kier molecular flexibility index (Phi) is 2.73. The first-order valence-corrected chi connectivity index (χ1v) is 6.86. The fourth-order valence-electron chi connectivity index (χ4n) is 2.70. The lowest BCUT2D eigenvalue weighted by atomic mass is 9.95. The van der Waals surface area contributed by atoms with Gasteiger partial charge in [-0.2, -0.15) is 0 Å². The molecule has 0 aromatic carbocycles. The van der Waals surface area contributed by atoms with Gasteiger partial charge in [0.1, 0.15) is 5.54 Å². The molecule has 0 saturated carbocycles. The quantitative estimate of drug-likeness (QED) is 0.797. The maximum absolute atomic E-state index is 12.2. The minimum Gasteiger partial charge on any atom is -0.344 e. The topological polar surface area (TPSA) is 45.6 Å². The molecular formula is C13H14BrN3O. The van der Waals surface area contributed by atoms with Crippen molar-refractivity contribution >= 4 is 27.5 Å². The lowest BCUT2D eigenvalue weighted by Crippen LogP contribution is -2.35. The number of aliphatic imine (C=N–C) groups is 1. The Morgan fingerprint density at radius 2 is 2.28 bits per heavy atom. The van der Waals surface area contributed by atoms with Gasteiger partial charge in [-0.15, -0.1) is 0 Å². The molecule has 1 aromatic rings. The van der Waals surface area contributed by atoms with Gasteiger partial charge in [-0.3, -0.25) is 14.8 Å². The predicted octanol–water partition coefficient (Wildman–Crippen LogP) is 2.03. The number of aromatic nitrogens is 1. The Hall–Kier alpha value is -1.23. The van der Waals surface area contributed by atoms with Crippen molar-refractivity contribution < 1.29 is 4.79 Å². The summed E-state index contributed by atoms with van der Waals surface area (Å²) >= 11 is 3.44. The minimum absolute atomic E-state index is 0.160. The van der Waals surface area contributed by atoms with Gasteiger partial charge in [0, 0.05) is 24.3 Å². The number of likely N-dealkylation sites (N-methyl/N-ethyl adjacent to an activating group) is 1. The molecular weight excluding hydrogens is 294 g/mol. The van der Waals surface area contributed by atoms with Crippen LogP contribution >= 0.6 is 15.9 Å². The summed E-state index contributed by atoms with van der Waals surface area (Å²) in [6, 6.07) is 3.85. The molecule has 1 aromatic heterocycles. The first-order valence-electron chi connectivity index (χ1n) is 6.07. The molecule has 0 unspecified atom stereocenters. The van der Waals surface area contributed by atoms with E-state index in [0.29, 0.717) is 0 Å². The molecule has 2 aliphatic rings. The molecule has 2 aliphatic heterocycles. The van der Waals surface area contributed by atoms with Crippen LogP contribution in [0.2, 0.25) is 0 Å². The molecule has 94 valence electrons. The number of carbonyl (C=O) groups is 1. The lowest BCUT2D eigenvalue weighted by molar-refractivity contribution is -0.130. The Balaban J connectivity index is 1.95. The highest BCUT2D eigenvalue weighted by molar-refractivity contribution is 9.10. The van der Waals surface area contributed by atoms with Crippen LogP contribution < -0.4 is 0 Å². The molecule has 1 amide bonds. The molecule has 0 N–H and O–H groups in total. The number of hydrogen-bond donors (Lipinski definition) is 0. The average molecular weight is 308 g/mol. The van der Waals surface area contributed by atoms with Gasteiger partial charge in [0.15, 0.2) is 0 Å². The second-order valence-electron chi connectivity index (χ2n) is 4.93. The van der Waals surface area contributed by atoms with E-state index < -0.39 is 5.54 Å². The maximum atomic E-state index is 12.2. The monoisotopic (exact) mass is 307 g/mol. The van der Waals surface area contributed by atoms with Crippen LogP contribution in [0.25, 0.3) is 0 Å². The molecule has 1 fully saturated rings. The molecule has 0 aliphatic carbocycles. The number of hydrogen-bond acceptors (Lipinski definition) is 3. The number of carbonyl (C=O) groups excluding carboxylic acids is 1. The molecule has 1 atom stereocenters. The van der Waals surface area contributed by atoms with Gasteiger partial charge >= 0.3 is 0 Å². The van der Waals surface area contributed by atoms with Gasteiger partial charge in [-0.25, -0.2) is 0 Å². The number of halogens is 1. The summed E-state index contributed by atoms with van der Waals surface area (Å²) < 4.78 is 0.992. The zero-order chi connectivity index (χ0) is 12.8. The minimum atomic E-state index is -0.492. The molecule has 18 heavy (non-hydrogen) atoms. The normalized spacial score (nSPS) is 27.1. The van der Waals surface area contributed by atoms with E-state index in [1.807, 2.05) is 19.2 Å². The SMILES string of the molecule is CN1CC[C@@]2(CCC(c3cc(Br)ccn3)=N2)C1=O. The van der Waals surface area contributed by atoms with Crippen LogP contribution in [0, 0.1) is 0 Å². The van der Waals surface area contributed by atoms with E-state index in [1.165, 1.54) is 0 Å². The van der Waals surface area contributed by atoms with E-state index in [9.17, 15) is 4.79 Å². The number of amides is 1. The smallest absolute Gasteiger partial charge is 0.250 e. The van der Waals surface area contributed by atoms with Crippen LogP contribution in [-0.4, -0.2) is 40.6 Å². The first kappa shape index (κ1) is 11.8. The van der Waals surface area contributed by atoms with E-state index in [4.69, 9.17) is 4.99 Å². The third-order valence-corrected chi connectivity index (χ3v) is 4.24. The number of pyridine rings is 1. The summed E-state index contributed by atoms with van der Waals surface area (Å²) in [4.78, 5) is 23.0. The molecule has 5 heteroatoms. The second kappa shape index (κ2) is 4.16. The Morgan fingerprint density at radius 3 is 2.94 bits per heavy atom. The van der Waals surface area contributed by atoms with Crippen molar-refractivity contribution in [1.29, 1.82) is 0 Å². The highest BCUT2D eigenvalue weighted by Crippen LogP contribution is 2.36. The van der Waals surface area contributed by atoms with Crippen LogP contribution in [0.5, 0.6) is 0 Å². The Bertz CT molecular complexity index is 543. The molecule has 3 heterocycles. The largest absolute Gasteiger partial charge is 0.344 e. The first-order chi connectivity index (χ1) is 8.61. The number of likely N-dealkylation sites (tertiary alicyclic amines) is 1. The third-order valence-electron chi connectivity index (χ3n) is 3.75. The van der Waals surface area contributed by atoms with Gasteiger partial charge in [0.05, 0.1) is 11.4 Å². The highest BCUT2D eigenvalue weighted by Gasteiger charge is 2.48. The summed E-state index contributed by atoms with van der Waals surface area (Å²) in [7, 11) is 1.85. The van der Waals surface area contributed by atoms with Crippen LogP contribution in [0.4, 0.5) is 0 Å². The summed E-state index contributed by atoms with van der Waals surface area (Å²) in [5, 5.41) is 0. The fourth-order valence-corrected chi connectivity index (χ4v) is 3.03. The Labute approximate surface area is 114 Å². The van der Waals surface area contributed by atoms with Crippen molar-refractivity contribution in [2.45, 2.75) is 24.8 Å². The predicted molar refractivity (Wildman–Crippen MR) is 72.7 cm³/mol. The highest BCUT2D eigenvalue weighted by atomic mass is 79.9. The van der Waals surface area contributed by atoms with Crippen molar-refractivity contribution in [1.82, 2.24) is 9.88 Å². The van der Waals surface area contributed by atoms with Crippen molar-refractivity contribution in [2.24, 2.45) is 4.99 Å². The molecule has 0 radical (unpaired) electrons. The molecule has 4 nitrogen and oxygen atoms in total. The van der Waals surface area contributed by atoms with Gasteiger partial charge in [-0.1, -0.05) is 15.9 Å². The summed E-state index contributed by atoms with van der Waals surface area (Å²) in [5.74, 6) is 0.160. The van der Waals surface area contributed by atoms with Gasteiger partial charge < -0.3 is 4.90 Å². The average Bonchev–Trinajstić information content (AvgIpc) is 2.91. The van der Waals surface area contributed by atoms with Crippen molar-refractivity contribution in [3.05, 3.63) is 28.5 Å². The van der Waals surface area contributed by atoms with Gasteiger partial charge in [0.2, 0.25) is 5.91 Å². The van der Waals surface area contributed by atoms with Crippen molar-refractivity contribution in [3.8, 4) is 0 Å². The maximum Gasteiger partial charge on any atom is 0.250 e. The molecule has 1 saturated heterocycles. The van der Waals surface area contributed by atoms with Crippen LogP contribution in [0.15, 0.2) is 27.8 Å².